The highest BCUT2D eigenvalue weighted by Crippen LogP contribution is 2.38. The molecule has 0 aromatic carbocycles. The number of ether oxygens (including phenoxy) is 3. The van der Waals surface area contributed by atoms with E-state index in [2.05, 4.69) is 0 Å². The van der Waals surface area contributed by atoms with Crippen molar-refractivity contribution in [2.45, 2.75) is 102 Å². The average Bonchev–Trinajstić information content (AvgIpc) is 3.55. The first-order valence-corrected chi connectivity index (χ1v) is 12.6. The fourth-order valence-electron chi connectivity index (χ4n) is 4.41. The van der Waals surface area contributed by atoms with E-state index in [1.54, 1.807) is 19.9 Å². The molecule has 0 unspecified atom stereocenters. The molecule has 0 aromatic heterocycles. The Morgan fingerprint density at radius 1 is 1.09 bits per heavy atom. The van der Waals surface area contributed by atoms with E-state index in [4.69, 9.17) is 19.3 Å². The van der Waals surface area contributed by atoms with Gasteiger partial charge in [0.1, 0.15) is 6.10 Å². The van der Waals surface area contributed by atoms with Crippen LogP contribution in [-0.2, 0) is 23.8 Å². The number of aliphatic carboxylic acids is 1. The minimum Gasteiger partial charge on any atom is -0.478 e. The Labute approximate surface area is 207 Å². The molecule has 0 aromatic rings. The van der Waals surface area contributed by atoms with Crippen molar-refractivity contribution in [2.75, 3.05) is 13.2 Å². The summed E-state index contributed by atoms with van der Waals surface area (Å²) in [4.78, 5) is 22.4. The number of hydrogen-bond acceptors (Lipinski definition) is 8. The second-order valence-electron chi connectivity index (χ2n) is 9.89. The first-order chi connectivity index (χ1) is 16.6. The molecule has 2 saturated heterocycles. The van der Waals surface area contributed by atoms with Crippen LogP contribution in [0.2, 0.25) is 0 Å². The number of allylic oxidation sites excluding steroid dienone is 1. The van der Waals surface area contributed by atoms with Crippen LogP contribution in [0, 0.1) is 11.8 Å². The Morgan fingerprint density at radius 2 is 1.80 bits per heavy atom. The number of carboxylic acid groups (broad SMARTS) is 1. The third-order valence-corrected chi connectivity index (χ3v) is 6.83. The molecule has 0 bridgehead atoms. The molecule has 2 heterocycles. The highest BCUT2D eigenvalue weighted by atomic mass is 16.6. The monoisotopic (exact) mass is 498 g/mol. The molecule has 4 N–H and O–H groups in total. The zero-order valence-electron chi connectivity index (χ0n) is 21.0. The summed E-state index contributed by atoms with van der Waals surface area (Å²) in [6.45, 7) is 6.03. The second-order valence-corrected chi connectivity index (χ2v) is 9.89. The SMILES string of the molecule is C/C(=C\C(=O)OCCCCCC/C=C/C(=O)O)C[C@@H]1OC[C@H](C[C@@H]2O[C@H]2[C@@H](C)[C@H](C)O)[C@@H](O)[C@H]1O. The summed E-state index contributed by atoms with van der Waals surface area (Å²) in [5.41, 5.74) is 0.700. The number of aliphatic hydroxyl groups excluding tert-OH is 3. The lowest BCUT2D eigenvalue weighted by Gasteiger charge is -2.38. The van der Waals surface area contributed by atoms with Gasteiger partial charge in [-0.15, -0.1) is 0 Å². The number of rotatable bonds is 15. The molecule has 200 valence electrons. The predicted molar refractivity (Wildman–Crippen MR) is 129 cm³/mol. The van der Waals surface area contributed by atoms with Crippen LogP contribution < -0.4 is 0 Å². The molecule has 0 aliphatic carbocycles. The normalized spacial score (nSPS) is 30.7. The molecule has 0 spiro atoms. The molecule has 2 aliphatic heterocycles. The maximum absolute atomic E-state index is 12.0. The fourth-order valence-corrected chi connectivity index (χ4v) is 4.41. The van der Waals surface area contributed by atoms with Gasteiger partial charge in [0.2, 0.25) is 0 Å². The molecular weight excluding hydrogens is 456 g/mol. The van der Waals surface area contributed by atoms with Crippen LogP contribution in [0.25, 0.3) is 0 Å². The van der Waals surface area contributed by atoms with Gasteiger partial charge in [0.25, 0.3) is 0 Å². The van der Waals surface area contributed by atoms with Crippen molar-refractivity contribution in [1.29, 1.82) is 0 Å². The average molecular weight is 499 g/mol. The van der Waals surface area contributed by atoms with Gasteiger partial charge in [-0.2, -0.15) is 0 Å². The Kier molecular flexibility index (Phi) is 12.4. The quantitative estimate of drug-likeness (QED) is 0.116. The molecule has 8 atom stereocenters. The number of aliphatic hydroxyl groups is 3. The van der Waals surface area contributed by atoms with Crippen LogP contribution >= 0.6 is 0 Å². The number of carbonyl (C=O) groups is 2. The van der Waals surface area contributed by atoms with Crippen molar-refractivity contribution in [2.24, 2.45) is 11.8 Å². The van der Waals surface area contributed by atoms with Crippen molar-refractivity contribution >= 4 is 11.9 Å². The van der Waals surface area contributed by atoms with Gasteiger partial charge >= 0.3 is 11.9 Å². The maximum atomic E-state index is 12.0. The van der Waals surface area contributed by atoms with Crippen LogP contribution in [0.1, 0.15) is 65.7 Å². The van der Waals surface area contributed by atoms with Crippen LogP contribution in [-0.4, -0.2) is 82.2 Å². The maximum Gasteiger partial charge on any atom is 0.330 e. The van der Waals surface area contributed by atoms with E-state index in [0.717, 1.165) is 38.2 Å². The first kappa shape index (κ1) is 29.5. The third kappa shape index (κ3) is 10.4. The van der Waals surface area contributed by atoms with E-state index in [-0.39, 0.29) is 24.0 Å². The van der Waals surface area contributed by atoms with Crippen molar-refractivity contribution in [3.8, 4) is 0 Å². The van der Waals surface area contributed by atoms with Gasteiger partial charge in [-0.3, -0.25) is 0 Å². The first-order valence-electron chi connectivity index (χ1n) is 12.6. The van der Waals surface area contributed by atoms with Gasteiger partial charge in [-0.05, 0) is 46.0 Å². The molecule has 2 fully saturated rings. The van der Waals surface area contributed by atoms with Gasteiger partial charge < -0.3 is 34.6 Å². The third-order valence-electron chi connectivity index (χ3n) is 6.83. The van der Waals surface area contributed by atoms with E-state index in [1.165, 1.54) is 6.08 Å². The number of carbonyl (C=O) groups excluding carboxylic acids is 1. The Morgan fingerprint density at radius 3 is 2.49 bits per heavy atom. The second kappa shape index (κ2) is 14.7. The van der Waals surface area contributed by atoms with Crippen LogP contribution in [0.4, 0.5) is 0 Å². The lowest BCUT2D eigenvalue weighted by atomic mass is 9.85. The molecule has 0 amide bonds. The minimum atomic E-state index is -1.06. The number of unbranched alkanes of at least 4 members (excludes halogenated alkanes) is 4. The molecule has 2 aliphatic rings. The van der Waals surface area contributed by atoms with Crippen LogP contribution in [0.15, 0.2) is 23.8 Å². The van der Waals surface area contributed by atoms with E-state index in [9.17, 15) is 24.9 Å². The molecule has 9 heteroatoms. The molecule has 35 heavy (non-hydrogen) atoms. The summed E-state index contributed by atoms with van der Waals surface area (Å²) in [5.74, 6) is -1.62. The number of carboxylic acids is 1. The number of esters is 1. The topological polar surface area (TPSA) is 146 Å². The smallest absolute Gasteiger partial charge is 0.330 e. The van der Waals surface area contributed by atoms with Gasteiger partial charge in [-0.1, -0.05) is 31.4 Å². The van der Waals surface area contributed by atoms with Crippen molar-refractivity contribution < 1.29 is 44.2 Å². The van der Waals surface area contributed by atoms with E-state index in [0.29, 0.717) is 31.6 Å². The Balaban J connectivity index is 1.63. The largest absolute Gasteiger partial charge is 0.478 e. The van der Waals surface area contributed by atoms with Crippen molar-refractivity contribution in [3.63, 3.8) is 0 Å². The van der Waals surface area contributed by atoms with Gasteiger partial charge in [0, 0.05) is 24.0 Å². The lowest BCUT2D eigenvalue weighted by molar-refractivity contribution is -0.165. The van der Waals surface area contributed by atoms with E-state index in [1.807, 2.05) is 6.92 Å². The highest BCUT2D eigenvalue weighted by molar-refractivity contribution is 5.82. The van der Waals surface area contributed by atoms with Crippen molar-refractivity contribution in [3.05, 3.63) is 23.8 Å². The zero-order chi connectivity index (χ0) is 26.0. The van der Waals surface area contributed by atoms with Crippen LogP contribution in [0.3, 0.4) is 0 Å². The Bertz CT molecular complexity index is 732. The zero-order valence-corrected chi connectivity index (χ0v) is 21.0. The Hall–Kier alpha value is -1.78. The molecule has 0 radical (unpaired) electrons. The highest BCUT2D eigenvalue weighted by Gasteiger charge is 2.48. The fraction of sp³-hybridized carbons (Fsp3) is 0.769. The number of epoxide rings is 1. The molecule has 9 nitrogen and oxygen atoms in total. The summed E-state index contributed by atoms with van der Waals surface area (Å²) in [5, 5.41) is 39.4. The minimum absolute atomic E-state index is 0.0136. The van der Waals surface area contributed by atoms with Gasteiger partial charge in [-0.25, -0.2) is 9.59 Å². The lowest BCUT2D eigenvalue weighted by Crippen LogP contribution is -2.50. The van der Waals surface area contributed by atoms with E-state index >= 15 is 0 Å². The summed E-state index contributed by atoms with van der Waals surface area (Å²) < 4.78 is 16.7. The summed E-state index contributed by atoms with van der Waals surface area (Å²) in [6, 6.07) is 0. The molecular formula is C26H42O9. The summed E-state index contributed by atoms with van der Waals surface area (Å²) >= 11 is 0. The van der Waals surface area contributed by atoms with E-state index < -0.39 is 36.4 Å². The standard InChI is InChI=1S/C26H42O9/c1-16(13-23(30)33-11-9-7-5-4-6-8-10-22(28)29)12-20-25(32)24(31)19(15-34-20)14-21-26(35-21)17(2)18(3)27/h8,10,13,17-21,24-27,31-32H,4-7,9,11-12,14-15H2,1-3H3,(H,28,29)/b10-8+,16-13+/t17-,18-,19-,20-,21-,24+,25-,26-/m0/s1. The van der Waals surface area contributed by atoms with Gasteiger partial charge in [0.05, 0.1) is 43.7 Å². The molecule has 2 rings (SSSR count). The molecule has 0 saturated carbocycles. The van der Waals surface area contributed by atoms with Gasteiger partial charge in [0.15, 0.2) is 0 Å². The summed E-state index contributed by atoms with van der Waals surface area (Å²) in [7, 11) is 0. The van der Waals surface area contributed by atoms with Crippen molar-refractivity contribution in [1.82, 2.24) is 0 Å². The number of hydrogen-bond donors (Lipinski definition) is 4. The summed E-state index contributed by atoms with van der Waals surface area (Å²) in [6.07, 6.45) is 6.07. The van der Waals surface area contributed by atoms with Crippen LogP contribution in [0.5, 0.6) is 0 Å². The predicted octanol–water partition coefficient (Wildman–Crippen LogP) is 2.37.